The zero-order valence-electron chi connectivity index (χ0n) is 10.6. The first-order chi connectivity index (χ1) is 9.49. The third-order valence-corrected chi connectivity index (χ3v) is 3.19. The van der Waals surface area contributed by atoms with Crippen LogP contribution in [0.15, 0.2) is 36.5 Å². The number of aryl methyl sites for hydroxylation is 1. The molecule has 5 nitrogen and oxygen atoms in total. The van der Waals surface area contributed by atoms with Gasteiger partial charge in [-0.05, 0) is 30.7 Å². The minimum absolute atomic E-state index is 0.0469. The first-order valence-electron chi connectivity index (χ1n) is 5.75. The Kier molecular flexibility index (Phi) is 4.00. The maximum Gasteiger partial charge on any atom is 0.335 e. The smallest absolute Gasteiger partial charge is 0.335 e. The minimum Gasteiger partial charge on any atom is -0.478 e. The Labute approximate surface area is 120 Å². The predicted octanol–water partition coefficient (Wildman–Crippen LogP) is 2.99. The van der Waals surface area contributed by atoms with E-state index in [2.05, 4.69) is 10.3 Å². The van der Waals surface area contributed by atoms with Crippen molar-refractivity contribution < 1.29 is 14.7 Å². The lowest BCUT2D eigenvalue weighted by atomic mass is 10.1. The van der Waals surface area contributed by atoms with Crippen LogP contribution in [0.5, 0.6) is 0 Å². The van der Waals surface area contributed by atoms with E-state index in [1.807, 2.05) is 0 Å². The number of nitrogens with zero attached hydrogens (tertiary/aromatic N) is 1. The van der Waals surface area contributed by atoms with Crippen LogP contribution in [0.3, 0.4) is 0 Å². The zero-order chi connectivity index (χ0) is 14.7. The van der Waals surface area contributed by atoms with E-state index < -0.39 is 11.9 Å². The number of hydrogen-bond donors (Lipinski definition) is 2. The van der Waals surface area contributed by atoms with Gasteiger partial charge in [-0.2, -0.15) is 0 Å². The van der Waals surface area contributed by atoms with Crippen LogP contribution in [0.4, 0.5) is 5.82 Å². The van der Waals surface area contributed by atoms with E-state index in [-0.39, 0.29) is 11.4 Å². The van der Waals surface area contributed by atoms with Gasteiger partial charge in [0.05, 0.1) is 16.1 Å². The number of hydrogen-bond acceptors (Lipinski definition) is 3. The summed E-state index contributed by atoms with van der Waals surface area (Å²) in [4.78, 5) is 26.8. The van der Waals surface area contributed by atoms with E-state index >= 15 is 0 Å². The van der Waals surface area contributed by atoms with E-state index in [1.54, 1.807) is 25.1 Å². The van der Waals surface area contributed by atoms with Gasteiger partial charge in [-0.3, -0.25) is 4.79 Å². The molecule has 2 aromatic rings. The van der Waals surface area contributed by atoms with Crippen LogP contribution in [-0.2, 0) is 0 Å². The van der Waals surface area contributed by atoms with Crippen LogP contribution in [0, 0.1) is 6.92 Å². The Hall–Kier alpha value is -2.40. The lowest BCUT2D eigenvalue weighted by Crippen LogP contribution is -2.14. The van der Waals surface area contributed by atoms with Crippen LogP contribution in [0.2, 0.25) is 5.02 Å². The lowest BCUT2D eigenvalue weighted by Gasteiger charge is -2.08. The van der Waals surface area contributed by atoms with Crippen molar-refractivity contribution in [3.63, 3.8) is 0 Å². The molecule has 0 radical (unpaired) electrons. The number of nitrogens with one attached hydrogen (secondary N) is 1. The summed E-state index contributed by atoms with van der Waals surface area (Å²) in [5.74, 6) is -1.36. The molecule has 0 bridgehead atoms. The number of aromatic carboxylic acids is 1. The number of rotatable bonds is 3. The summed E-state index contributed by atoms with van der Waals surface area (Å²) in [5.41, 5.74) is 1.14. The minimum atomic E-state index is -1.09. The molecule has 102 valence electrons. The molecule has 2 rings (SSSR count). The second-order valence-electron chi connectivity index (χ2n) is 4.13. The average molecular weight is 291 g/mol. The summed E-state index contributed by atoms with van der Waals surface area (Å²) in [6.07, 6.45) is 1.32. The van der Waals surface area contributed by atoms with Gasteiger partial charge in [-0.1, -0.05) is 23.7 Å². The van der Waals surface area contributed by atoms with Crippen LogP contribution in [0.25, 0.3) is 0 Å². The van der Waals surface area contributed by atoms with Gasteiger partial charge in [0.1, 0.15) is 5.82 Å². The van der Waals surface area contributed by atoms with Crippen molar-refractivity contribution in [1.82, 2.24) is 4.98 Å². The average Bonchev–Trinajstić information content (AvgIpc) is 2.42. The number of carboxylic acids is 1. The van der Waals surface area contributed by atoms with Crippen LogP contribution < -0.4 is 5.32 Å². The number of anilines is 1. The highest BCUT2D eigenvalue weighted by molar-refractivity contribution is 6.35. The number of carbonyl (C=O) groups excluding carboxylic acids is 1. The van der Waals surface area contributed by atoms with E-state index in [0.717, 1.165) is 5.56 Å². The van der Waals surface area contributed by atoms with Crippen LogP contribution >= 0.6 is 11.6 Å². The number of aromatic nitrogens is 1. The largest absolute Gasteiger partial charge is 0.478 e. The number of carboxylic acid groups (broad SMARTS) is 1. The first kappa shape index (κ1) is 14.0. The van der Waals surface area contributed by atoms with Gasteiger partial charge >= 0.3 is 5.97 Å². The maximum atomic E-state index is 12.1. The Morgan fingerprint density at radius 2 is 2.05 bits per heavy atom. The van der Waals surface area contributed by atoms with Gasteiger partial charge in [-0.15, -0.1) is 0 Å². The standard InChI is InChI=1S/C14H11ClN2O3/c1-8-3-2-4-10(12(8)15)13(18)17-11-7-9(14(19)20)5-6-16-11/h2-7H,1H3,(H,19,20)(H,16,17,18). The highest BCUT2D eigenvalue weighted by atomic mass is 35.5. The number of benzene rings is 1. The molecule has 1 aromatic carbocycles. The Morgan fingerprint density at radius 3 is 2.75 bits per heavy atom. The molecule has 20 heavy (non-hydrogen) atoms. The van der Waals surface area contributed by atoms with Gasteiger partial charge in [0, 0.05) is 6.20 Å². The van der Waals surface area contributed by atoms with Crippen LogP contribution in [-0.4, -0.2) is 22.0 Å². The first-order valence-corrected chi connectivity index (χ1v) is 6.12. The zero-order valence-corrected chi connectivity index (χ0v) is 11.3. The van der Waals surface area contributed by atoms with Crippen LogP contribution in [0.1, 0.15) is 26.3 Å². The van der Waals surface area contributed by atoms with Gasteiger partial charge in [0.2, 0.25) is 0 Å². The molecule has 1 aromatic heterocycles. The summed E-state index contributed by atoms with van der Waals surface area (Å²) in [7, 11) is 0. The van der Waals surface area contributed by atoms with E-state index in [9.17, 15) is 9.59 Å². The second-order valence-corrected chi connectivity index (χ2v) is 4.50. The molecule has 6 heteroatoms. The molecule has 0 aliphatic rings. The fourth-order valence-electron chi connectivity index (χ4n) is 1.64. The lowest BCUT2D eigenvalue weighted by molar-refractivity contribution is 0.0696. The van der Waals surface area contributed by atoms with Gasteiger partial charge in [-0.25, -0.2) is 9.78 Å². The van der Waals surface area contributed by atoms with E-state index in [1.165, 1.54) is 18.3 Å². The van der Waals surface area contributed by atoms with Gasteiger partial charge in [0.25, 0.3) is 5.91 Å². The molecule has 0 unspecified atom stereocenters. The highest BCUT2D eigenvalue weighted by Crippen LogP contribution is 2.21. The molecule has 0 atom stereocenters. The predicted molar refractivity (Wildman–Crippen MR) is 75.3 cm³/mol. The van der Waals surface area contributed by atoms with Gasteiger partial charge in [0.15, 0.2) is 0 Å². The van der Waals surface area contributed by atoms with Crippen molar-refractivity contribution in [1.29, 1.82) is 0 Å². The topological polar surface area (TPSA) is 79.3 Å². The molecule has 0 fully saturated rings. The molecular formula is C14H11ClN2O3. The SMILES string of the molecule is Cc1cccc(C(=O)Nc2cc(C(=O)O)ccn2)c1Cl. The quantitative estimate of drug-likeness (QED) is 0.911. The molecule has 2 N–H and O–H groups in total. The molecule has 0 saturated carbocycles. The third-order valence-electron chi connectivity index (χ3n) is 2.68. The Bertz CT molecular complexity index is 686. The van der Waals surface area contributed by atoms with Crippen molar-refractivity contribution in [2.45, 2.75) is 6.92 Å². The second kappa shape index (κ2) is 5.71. The van der Waals surface area contributed by atoms with Crippen molar-refractivity contribution in [2.75, 3.05) is 5.32 Å². The van der Waals surface area contributed by atoms with Crippen molar-refractivity contribution in [3.05, 3.63) is 58.2 Å². The number of halogens is 1. The Balaban J connectivity index is 2.26. The van der Waals surface area contributed by atoms with Gasteiger partial charge < -0.3 is 10.4 Å². The normalized spacial score (nSPS) is 10.1. The Morgan fingerprint density at radius 1 is 1.30 bits per heavy atom. The highest BCUT2D eigenvalue weighted by Gasteiger charge is 2.13. The third kappa shape index (κ3) is 2.95. The van der Waals surface area contributed by atoms with E-state index in [4.69, 9.17) is 16.7 Å². The number of amides is 1. The van der Waals surface area contributed by atoms with Crippen molar-refractivity contribution in [3.8, 4) is 0 Å². The fourth-order valence-corrected chi connectivity index (χ4v) is 1.85. The molecular weight excluding hydrogens is 280 g/mol. The molecule has 0 spiro atoms. The fraction of sp³-hybridized carbons (Fsp3) is 0.0714. The van der Waals surface area contributed by atoms with E-state index in [0.29, 0.717) is 10.6 Å². The molecule has 1 heterocycles. The van der Waals surface area contributed by atoms with Crippen molar-refractivity contribution in [2.24, 2.45) is 0 Å². The number of carbonyl (C=O) groups is 2. The number of pyridine rings is 1. The molecule has 0 saturated heterocycles. The molecule has 1 amide bonds. The summed E-state index contributed by atoms with van der Waals surface area (Å²) in [6.45, 7) is 1.79. The summed E-state index contributed by atoms with van der Waals surface area (Å²) >= 11 is 6.06. The van der Waals surface area contributed by atoms with Crippen molar-refractivity contribution >= 4 is 29.3 Å². The summed E-state index contributed by atoms with van der Waals surface area (Å²) in [5, 5.41) is 11.8. The molecule has 0 aliphatic heterocycles. The maximum absolute atomic E-state index is 12.1. The monoisotopic (exact) mass is 290 g/mol. The summed E-state index contributed by atoms with van der Waals surface area (Å²) in [6, 6.07) is 7.73. The summed E-state index contributed by atoms with van der Waals surface area (Å²) < 4.78 is 0. The molecule has 0 aliphatic carbocycles.